The Kier molecular flexibility index (Phi) is 3.24. The van der Waals surface area contributed by atoms with Crippen molar-refractivity contribution >= 4 is 11.6 Å². The Hall–Kier alpha value is -2.09. The van der Waals surface area contributed by atoms with Crippen LogP contribution in [0.25, 0.3) is 5.65 Å². The average Bonchev–Trinajstić information content (AvgIpc) is 2.69. The van der Waals surface area contributed by atoms with Crippen LogP contribution in [0.4, 0.5) is 10.3 Å². The van der Waals surface area contributed by atoms with Crippen molar-refractivity contribution in [3.05, 3.63) is 24.1 Å². The topological polar surface area (TPSA) is 42.2 Å². The lowest BCUT2D eigenvalue weighted by Gasteiger charge is -2.11. The molecule has 0 aromatic carbocycles. The van der Waals surface area contributed by atoms with Gasteiger partial charge in [-0.2, -0.15) is 4.98 Å². The minimum atomic E-state index is -0.343. The van der Waals surface area contributed by atoms with Gasteiger partial charge in [0, 0.05) is 12.5 Å². The molecule has 1 unspecified atom stereocenters. The normalized spacial score (nSPS) is 12.3. The van der Waals surface area contributed by atoms with Crippen molar-refractivity contribution in [2.75, 3.05) is 5.32 Å². The number of nitrogens with one attached hydrogen (secondary N) is 1. The summed E-state index contributed by atoms with van der Waals surface area (Å²) in [5.41, 5.74) is 0.601. The second kappa shape index (κ2) is 4.83. The van der Waals surface area contributed by atoms with Crippen molar-refractivity contribution in [1.82, 2.24) is 14.6 Å². The zero-order chi connectivity index (χ0) is 12.3. The van der Waals surface area contributed by atoms with E-state index in [1.165, 1.54) is 16.8 Å². The number of hydrogen-bond acceptors (Lipinski definition) is 3. The molecule has 88 valence electrons. The third-order valence-corrected chi connectivity index (χ3v) is 2.49. The number of fused-ring (bicyclic) bond motifs is 1. The summed E-state index contributed by atoms with van der Waals surface area (Å²) in [6, 6.07) is 3.07. The number of aromatic nitrogens is 3. The van der Waals surface area contributed by atoms with Gasteiger partial charge in [0.2, 0.25) is 5.95 Å². The quantitative estimate of drug-likeness (QED) is 0.821. The molecule has 2 heterocycles. The molecule has 0 aliphatic rings. The van der Waals surface area contributed by atoms with Gasteiger partial charge in [-0.3, -0.25) is 0 Å². The fourth-order valence-electron chi connectivity index (χ4n) is 1.54. The first-order valence-electron chi connectivity index (χ1n) is 5.45. The Balaban J connectivity index is 2.22. The maximum absolute atomic E-state index is 13.0. The largest absolute Gasteiger partial charge is 0.349 e. The van der Waals surface area contributed by atoms with Crippen LogP contribution in [0.5, 0.6) is 0 Å². The van der Waals surface area contributed by atoms with Gasteiger partial charge in [-0.15, -0.1) is 17.4 Å². The van der Waals surface area contributed by atoms with Gasteiger partial charge < -0.3 is 5.32 Å². The van der Waals surface area contributed by atoms with Crippen molar-refractivity contribution in [1.29, 1.82) is 0 Å². The highest BCUT2D eigenvalue weighted by atomic mass is 19.1. The molecule has 2 aromatic rings. The third kappa shape index (κ3) is 2.53. The molecule has 0 radical (unpaired) electrons. The summed E-state index contributed by atoms with van der Waals surface area (Å²) >= 11 is 0. The van der Waals surface area contributed by atoms with E-state index in [0.717, 1.165) is 6.42 Å². The van der Waals surface area contributed by atoms with Crippen LogP contribution in [-0.4, -0.2) is 20.6 Å². The average molecular weight is 232 g/mol. The van der Waals surface area contributed by atoms with Gasteiger partial charge in [0.1, 0.15) is 5.82 Å². The van der Waals surface area contributed by atoms with Crippen molar-refractivity contribution in [3.8, 4) is 12.3 Å². The summed E-state index contributed by atoms with van der Waals surface area (Å²) in [6.07, 6.45) is 8.05. The summed E-state index contributed by atoms with van der Waals surface area (Å²) in [5, 5.41) is 7.26. The second-order valence-electron chi connectivity index (χ2n) is 3.74. The van der Waals surface area contributed by atoms with E-state index in [1.54, 1.807) is 6.07 Å². The summed E-state index contributed by atoms with van der Waals surface area (Å²) < 4.78 is 14.4. The highest BCUT2D eigenvalue weighted by molar-refractivity contribution is 5.43. The molecule has 1 atom stereocenters. The van der Waals surface area contributed by atoms with Crippen LogP contribution in [0.1, 0.15) is 19.8 Å². The molecule has 2 rings (SSSR count). The molecule has 4 nitrogen and oxygen atoms in total. The molecule has 0 amide bonds. The number of hydrogen-bond donors (Lipinski definition) is 1. The molecular weight excluding hydrogens is 219 g/mol. The Bertz CT molecular complexity index is 555. The lowest BCUT2D eigenvalue weighted by molar-refractivity contribution is 0.614. The van der Waals surface area contributed by atoms with Crippen LogP contribution >= 0.6 is 0 Å². The molecular formula is C12H13FN4. The van der Waals surface area contributed by atoms with E-state index in [4.69, 9.17) is 6.42 Å². The number of pyridine rings is 1. The summed E-state index contributed by atoms with van der Waals surface area (Å²) in [6.45, 7) is 2.03. The highest BCUT2D eigenvalue weighted by Gasteiger charge is 2.09. The predicted molar refractivity (Wildman–Crippen MR) is 64.1 cm³/mol. The summed E-state index contributed by atoms with van der Waals surface area (Å²) in [5.74, 6) is 2.72. The number of halogens is 1. The highest BCUT2D eigenvalue weighted by Crippen LogP contribution is 2.10. The van der Waals surface area contributed by atoms with E-state index in [0.29, 0.717) is 18.0 Å². The predicted octanol–water partition coefficient (Wildman–Crippen LogP) is 2.08. The van der Waals surface area contributed by atoms with Crippen LogP contribution in [0.2, 0.25) is 0 Å². The molecule has 2 aromatic heterocycles. The fourth-order valence-corrected chi connectivity index (χ4v) is 1.54. The third-order valence-electron chi connectivity index (χ3n) is 2.49. The first-order valence-corrected chi connectivity index (χ1v) is 5.45. The van der Waals surface area contributed by atoms with Crippen molar-refractivity contribution in [3.63, 3.8) is 0 Å². The molecule has 1 N–H and O–H groups in total. The van der Waals surface area contributed by atoms with Crippen molar-refractivity contribution < 1.29 is 4.39 Å². The van der Waals surface area contributed by atoms with Gasteiger partial charge in [-0.05, 0) is 18.6 Å². The zero-order valence-corrected chi connectivity index (χ0v) is 9.52. The number of anilines is 1. The molecule has 0 aliphatic heterocycles. The maximum Gasteiger partial charge on any atom is 0.243 e. The van der Waals surface area contributed by atoms with Gasteiger partial charge in [0.25, 0.3) is 0 Å². The monoisotopic (exact) mass is 232 g/mol. The number of nitrogens with zero attached hydrogens (tertiary/aromatic N) is 3. The maximum atomic E-state index is 13.0. The summed E-state index contributed by atoms with van der Waals surface area (Å²) in [7, 11) is 0. The smallest absolute Gasteiger partial charge is 0.243 e. The second-order valence-corrected chi connectivity index (χ2v) is 3.74. The van der Waals surface area contributed by atoms with Crippen LogP contribution < -0.4 is 5.32 Å². The van der Waals surface area contributed by atoms with Crippen LogP contribution in [0, 0.1) is 18.2 Å². The van der Waals surface area contributed by atoms with Crippen molar-refractivity contribution in [2.24, 2.45) is 0 Å². The molecule has 17 heavy (non-hydrogen) atoms. The number of rotatable bonds is 4. The van der Waals surface area contributed by atoms with E-state index in [2.05, 4.69) is 21.3 Å². The van der Waals surface area contributed by atoms with Crippen LogP contribution in [0.15, 0.2) is 18.3 Å². The van der Waals surface area contributed by atoms with E-state index >= 15 is 0 Å². The SMILES string of the molecule is C#CCC(CC)Nc1nc2ccc(F)cn2n1. The van der Waals surface area contributed by atoms with Crippen LogP contribution in [0.3, 0.4) is 0 Å². The van der Waals surface area contributed by atoms with Gasteiger partial charge in [0.15, 0.2) is 5.65 Å². The van der Waals surface area contributed by atoms with Gasteiger partial charge in [-0.25, -0.2) is 8.91 Å². The van der Waals surface area contributed by atoms with E-state index in [1.807, 2.05) is 6.92 Å². The lowest BCUT2D eigenvalue weighted by Crippen LogP contribution is -2.18. The molecule has 0 saturated carbocycles. The van der Waals surface area contributed by atoms with E-state index < -0.39 is 0 Å². The minimum absolute atomic E-state index is 0.141. The standard InChI is InChI=1S/C12H13FN4/c1-3-5-10(4-2)14-12-15-11-7-6-9(13)8-17(11)16-12/h1,6-8,10H,4-5H2,2H3,(H,14,16). The molecule has 5 heteroatoms. The van der Waals surface area contributed by atoms with Crippen LogP contribution in [-0.2, 0) is 0 Å². The molecule has 0 aliphatic carbocycles. The van der Waals surface area contributed by atoms with Gasteiger partial charge >= 0.3 is 0 Å². The van der Waals surface area contributed by atoms with Crippen molar-refractivity contribution in [2.45, 2.75) is 25.8 Å². The van der Waals surface area contributed by atoms with E-state index in [-0.39, 0.29) is 11.9 Å². The molecule has 0 fully saturated rings. The minimum Gasteiger partial charge on any atom is -0.349 e. The molecule has 0 bridgehead atoms. The van der Waals surface area contributed by atoms with Gasteiger partial charge in [0.05, 0.1) is 6.20 Å². The lowest BCUT2D eigenvalue weighted by atomic mass is 10.2. The first kappa shape index (κ1) is 11.4. The Morgan fingerprint density at radius 2 is 2.41 bits per heavy atom. The fraction of sp³-hybridized carbons (Fsp3) is 0.333. The van der Waals surface area contributed by atoms with E-state index in [9.17, 15) is 4.39 Å². The zero-order valence-electron chi connectivity index (χ0n) is 9.52. The number of terminal acetylenes is 1. The summed E-state index contributed by atoms with van der Waals surface area (Å²) in [4.78, 5) is 4.23. The molecule has 0 saturated heterocycles. The Labute approximate surface area is 98.9 Å². The Morgan fingerprint density at radius 1 is 1.59 bits per heavy atom. The molecule has 0 spiro atoms. The Morgan fingerprint density at radius 3 is 3.12 bits per heavy atom. The first-order chi connectivity index (χ1) is 8.22. The van der Waals surface area contributed by atoms with Gasteiger partial charge in [-0.1, -0.05) is 6.92 Å².